The Labute approximate surface area is 162 Å². The summed E-state index contributed by atoms with van der Waals surface area (Å²) in [6, 6.07) is 6.41. The number of nitrogens with one attached hydrogen (secondary N) is 2. The molecular weight excluding hydrogens is 441 g/mol. The number of ether oxygens (including phenoxy) is 1. The molecular formula is C16H28IN3O3S. The smallest absolute Gasteiger partial charge is 0.191 e. The van der Waals surface area contributed by atoms with Gasteiger partial charge in [-0.1, -0.05) is 13.8 Å². The SMILES string of the molecule is CN=C(NCCOc1ccc(S(C)(=O)=O)cc1)NCCC(C)C.I. The zero-order valence-corrected chi connectivity index (χ0v) is 17.9. The summed E-state index contributed by atoms with van der Waals surface area (Å²) >= 11 is 0. The van der Waals surface area contributed by atoms with Gasteiger partial charge in [0.05, 0.1) is 11.4 Å². The molecule has 0 radical (unpaired) electrons. The molecule has 6 nitrogen and oxygen atoms in total. The average molecular weight is 469 g/mol. The summed E-state index contributed by atoms with van der Waals surface area (Å²) in [5.41, 5.74) is 0. The predicted octanol–water partition coefficient (Wildman–Crippen LogP) is 2.30. The van der Waals surface area contributed by atoms with Crippen LogP contribution in [0.1, 0.15) is 20.3 Å². The van der Waals surface area contributed by atoms with Gasteiger partial charge in [-0.2, -0.15) is 0 Å². The van der Waals surface area contributed by atoms with Crippen LogP contribution in [0.3, 0.4) is 0 Å². The van der Waals surface area contributed by atoms with E-state index < -0.39 is 9.84 Å². The van der Waals surface area contributed by atoms with Crippen molar-refractivity contribution < 1.29 is 13.2 Å². The number of rotatable bonds is 8. The van der Waals surface area contributed by atoms with Crippen LogP contribution in [0.2, 0.25) is 0 Å². The number of hydrogen-bond acceptors (Lipinski definition) is 4. The molecule has 0 aliphatic carbocycles. The number of sulfone groups is 1. The Kier molecular flexibility index (Phi) is 11.0. The number of hydrogen-bond donors (Lipinski definition) is 2. The fourth-order valence-corrected chi connectivity index (χ4v) is 2.45. The Bertz CT molecular complexity index is 601. The van der Waals surface area contributed by atoms with Crippen LogP contribution in [0, 0.1) is 5.92 Å². The lowest BCUT2D eigenvalue weighted by atomic mass is 10.1. The number of nitrogens with zero attached hydrogens (tertiary/aromatic N) is 1. The summed E-state index contributed by atoms with van der Waals surface area (Å²) in [7, 11) is -1.43. The van der Waals surface area contributed by atoms with Gasteiger partial charge >= 0.3 is 0 Å². The van der Waals surface area contributed by atoms with Gasteiger partial charge in [0.2, 0.25) is 0 Å². The summed E-state index contributed by atoms with van der Waals surface area (Å²) < 4.78 is 28.3. The van der Waals surface area contributed by atoms with Gasteiger partial charge in [0, 0.05) is 19.8 Å². The summed E-state index contributed by atoms with van der Waals surface area (Å²) in [4.78, 5) is 4.43. The average Bonchev–Trinajstić information content (AvgIpc) is 2.49. The van der Waals surface area contributed by atoms with E-state index in [0.29, 0.717) is 24.8 Å². The standard InChI is InChI=1S/C16H27N3O3S.HI/c1-13(2)9-10-18-16(17-3)19-11-12-22-14-5-7-15(8-6-14)23(4,20)21;/h5-8,13H,9-12H2,1-4H3,(H2,17,18,19);1H. The molecule has 0 atom stereocenters. The zero-order valence-electron chi connectivity index (χ0n) is 14.7. The maximum absolute atomic E-state index is 11.4. The summed E-state index contributed by atoms with van der Waals surface area (Å²) in [6.07, 6.45) is 2.27. The lowest BCUT2D eigenvalue weighted by molar-refractivity contribution is 0.321. The van der Waals surface area contributed by atoms with Crippen LogP contribution in [0.15, 0.2) is 34.2 Å². The Morgan fingerprint density at radius 3 is 2.25 bits per heavy atom. The predicted molar refractivity (Wildman–Crippen MR) is 109 cm³/mol. The maximum Gasteiger partial charge on any atom is 0.191 e. The van der Waals surface area contributed by atoms with Crippen molar-refractivity contribution in [2.45, 2.75) is 25.2 Å². The molecule has 24 heavy (non-hydrogen) atoms. The molecule has 0 bridgehead atoms. The van der Waals surface area contributed by atoms with Crippen LogP contribution in [0.25, 0.3) is 0 Å². The van der Waals surface area contributed by atoms with Gasteiger partial charge in [0.25, 0.3) is 0 Å². The molecule has 0 heterocycles. The van der Waals surface area contributed by atoms with Crippen molar-refractivity contribution >= 4 is 39.8 Å². The molecule has 1 aromatic rings. The fourth-order valence-electron chi connectivity index (χ4n) is 1.82. The largest absolute Gasteiger partial charge is 0.492 e. The molecule has 2 N–H and O–H groups in total. The Hall–Kier alpha value is -1.03. The minimum atomic E-state index is -3.17. The van der Waals surface area contributed by atoms with E-state index >= 15 is 0 Å². The summed E-state index contributed by atoms with van der Waals surface area (Å²) in [5, 5.41) is 6.41. The highest BCUT2D eigenvalue weighted by molar-refractivity contribution is 14.0. The van der Waals surface area contributed by atoms with Crippen LogP contribution in [-0.4, -0.2) is 47.4 Å². The van der Waals surface area contributed by atoms with Gasteiger partial charge in [0.1, 0.15) is 12.4 Å². The molecule has 138 valence electrons. The second-order valence-electron chi connectivity index (χ2n) is 5.70. The van der Waals surface area contributed by atoms with Crippen LogP contribution >= 0.6 is 24.0 Å². The molecule has 0 amide bonds. The third kappa shape index (κ3) is 9.31. The van der Waals surface area contributed by atoms with Gasteiger partial charge in [-0.15, -0.1) is 24.0 Å². The second kappa shape index (κ2) is 11.5. The first-order valence-corrected chi connectivity index (χ1v) is 9.59. The first-order chi connectivity index (χ1) is 10.8. The van der Waals surface area contributed by atoms with Crippen molar-refractivity contribution in [3.8, 4) is 5.75 Å². The monoisotopic (exact) mass is 469 g/mol. The third-order valence-corrected chi connectivity index (χ3v) is 4.28. The molecule has 0 saturated heterocycles. The Balaban J connectivity index is 0.00000529. The highest BCUT2D eigenvalue weighted by Gasteiger charge is 2.06. The van der Waals surface area contributed by atoms with Crippen LogP contribution in [0.5, 0.6) is 5.75 Å². The van der Waals surface area contributed by atoms with Crippen molar-refractivity contribution in [1.82, 2.24) is 10.6 Å². The number of guanidine groups is 1. The molecule has 0 fully saturated rings. The first-order valence-electron chi connectivity index (χ1n) is 7.70. The molecule has 0 spiro atoms. The molecule has 0 aromatic heterocycles. The number of benzene rings is 1. The normalized spacial score (nSPS) is 11.8. The van der Waals surface area contributed by atoms with Gasteiger partial charge in [-0.3, -0.25) is 4.99 Å². The summed E-state index contributed by atoms with van der Waals surface area (Å²) in [6.45, 7) is 6.31. The quantitative estimate of drug-likeness (QED) is 0.265. The second-order valence-corrected chi connectivity index (χ2v) is 7.72. The summed E-state index contributed by atoms with van der Waals surface area (Å²) in [5.74, 6) is 2.04. The molecule has 1 rings (SSSR count). The van der Waals surface area contributed by atoms with Crippen LogP contribution in [0.4, 0.5) is 0 Å². The zero-order chi connectivity index (χ0) is 17.3. The minimum absolute atomic E-state index is 0. The van der Waals surface area contributed by atoms with Gasteiger partial charge in [0.15, 0.2) is 15.8 Å². The molecule has 0 aliphatic rings. The number of aliphatic imine (C=N–C) groups is 1. The van der Waals surface area contributed by atoms with E-state index in [0.717, 1.165) is 18.9 Å². The van der Waals surface area contributed by atoms with Gasteiger partial charge < -0.3 is 15.4 Å². The van der Waals surface area contributed by atoms with Crippen molar-refractivity contribution in [2.24, 2.45) is 10.9 Å². The molecule has 0 aliphatic heterocycles. The van der Waals surface area contributed by atoms with Crippen molar-refractivity contribution in [2.75, 3.05) is 33.0 Å². The third-order valence-electron chi connectivity index (χ3n) is 3.15. The minimum Gasteiger partial charge on any atom is -0.492 e. The highest BCUT2D eigenvalue weighted by Crippen LogP contribution is 2.15. The van der Waals surface area contributed by atoms with Crippen molar-refractivity contribution in [3.05, 3.63) is 24.3 Å². The van der Waals surface area contributed by atoms with E-state index in [2.05, 4.69) is 29.5 Å². The van der Waals surface area contributed by atoms with E-state index in [1.807, 2.05) is 0 Å². The van der Waals surface area contributed by atoms with E-state index in [-0.39, 0.29) is 28.9 Å². The maximum atomic E-state index is 11.4. The molecule has 8 heteroatoms. The molecule has 0 saturated carbocycles. The highest BCUT2D eigenvalue weighted by atomic mass is 127. The van der Waals surface area contributed by atoms with Crippen LogP contribution in [-0.2, 0) is 9.84 Å². The Morgan fingerprint density at radius 2 is 1.75 bits per heavy atom. The van der Waals surface area contributed by atoms with E-state index in [4.69, 9.17) is 4.74 Å². The van der Waals surface area contributed by atoms with Crippen LogP contribution < -0.4 is 15.4 Å². The van der Waals surface area contributed by atoms with Gasteiger partial charge in [-0.25, -0.2) is 8.42 Å². The van der Waals surface area contributed by atoms with Crippen molar-refractivity contribution in [1.29, 1.82) is 0 Å². The molecule has 0 unspecified atom stereocenters. The van der Waals surface area contributed by atoms with E-state index in [1.54, 1.807) is 31.3 Å². The topological polar surface area (TPSA) is 79.8 Å². The number of halogens is 1. The molecule has 1 aromatic carbocycles. The van der Waals surface area contributed by atoms with E-state index in [9.17, 15) is 8.42 Å². The van der Waals surface area contributed by atoms with E-state index in [1.165, 1.54) is 6.26 Å². The Morgan fingerprint density at radius 1 is 1.17 bits per heavy atom. The van der Waals surface area contributed by atoms with Gasteiger partial charge in [-0.05, 0) is 36.6 Å². The lowest BCUT2D eigenvalue weighted by Gasteiger charge is -2.13. The lowest BCUT2D eigenvalue weighted by Crippen LogP contribution is -2.39. The first kappa shape index (κ1) is 23.0. The fraction of sp³-hybridized carbons (Fsp3) is 0.562. The van der Waals surface area contributed by atoms with Crippen molar-refractivity contribution in [3.63, 3.8) is 0 Å².